The number of carbonyl (C=O) groups excluding carboxylic acids is 2. The van der Waals surface area contributed by atoms with Crippen LogP contribution < -0.4 is 10.6 Å². The molecule has 2 heterocycles. The fourth-order valence-corrected chi connectivity index (χ4v) is 2.89. The average molecular weight is 412 g/mol. The van der Waals surface area contributed by atoms with Gasteiger partial charge in [0.05, 0.1) is 10.9 Å². The van der Waals surface area contributed by atoms with Gasteiger partial charge in [-0.3, -0.25) is 9.59 Å². The molecule has 1 aromatic rings. The van der Waals surface area contributed by atoms with E-state index in [1.54, 1.807) is 17.0 Å². The van der Waals surface area contributed by atoms with Crippen molar-refractivity contribution in [2.75, 3.05) is 32.0 Å². The molecule has 6 nitrogen and oxygen atoms in total. The third-order valence-corrected chi connectivity index (χ3v) is 4.24. The molecule has 25 heavy (non-hydrogen) atoms. The van der Waals surface area contributed by atoms with Crippen molar-refractivity contribution in [3.8, 4) is 0 Å². The van der Waals surface area contributed by atoms with Gasteiger partial charge in [0.2, 0.25) is 11.8 Å². The van der Waals surface area contributed by atoms with E-state index < -0.39 is 0 Å². The van der Waals surface area contributed by atoms with Crippen LogP contribution in [0.5, 0.6) is 0 Å². The van der Waals surface area contributed by atoms with Crippen LogP contribution in [-0.4, -0.2) is 48.4 Å². The summed E-state index contributed by atoms with van der Waals surface area (Å²) in [5.74, 6) is 0.193. The van der Waals surface area contributed by atoms with Gasteiger partial charge in [-0.25, -0.2) is 4.98 Å². The number of likely N-dealkylation sites (tertiary alicyclic amines) is 1. The van der Waals surface area contributed by atoms with Gasteiger partial charge in [-0.15, -0.1) is 24.8 Å². The van der Waals surface area contributed by atoms with Crippen molar-refractivity contribution in [2.24, 2.45) is 11.8 Å². The molecular weight excluding hydrogens is 387 g/mol. The normalized spacial score (nSPS) is 17.7. The standard InChI is InChI=1S/C16H23ClN4O2.2ClH/c1-11(8-18-2)16(23)21-7-3-4-12(10-21)15(22)20-14-6-5-13(17)9-19-14;;/h5-6,9,11-12,18H,3-4,7-8,10H2,1-2H3,(H,19,20,22);2*1H. The highest BCUT2D eigenvalue weighted by molar-refractivity contribution is 6.30. The van der Waals surface area contributed by atoms with Gasteiger partial charge in [-0.05, 0) is 32.0 Å². The van der Waals surface area contributed by atoms with Gasteiger partial charge in [-0.1, -0.05) is 18.5 Å². The minimum atomic E-state index is -0.202. The number of halogens is 3. The Hall–Kier alpha value is -1.08. The van der Waals surface area contributed by atoms with E-state index in [-0.39, 0.29) is 48.5 Å². The Labute approximate surface area is 165 Å². The lowest BCUT2D eigenvalue weighted by Crippen LogP contribution is -2.46. The summed E-state index contributed by atoms with van der Waals surface area (Å²) < 4.78 is 0. The Morgan fingerprint density at radius 1 is 1.40 bits per heavy atom. The van der Waals surface area contributed by atoms with Crippen LogP contribution in [0.4, 0.5) is 5.82 Å². The van der Waals surface area contributed by atoms with Crippen LogP contribution in [0.15, 0.2) is 18.3 Å². The van der Waals surface area contributed by atoms with Gasteiger partial charge in [0, 0.05) is 31.7 Å². The van der Waals surface area contributed by atoms with Crippen molar-refractivity contribution in [1.29, 1.82) is 0 Å². The molecule has 1 aromatic heterocycles. The summed E-state index contributed by atoms with van der Waals surface area (Å²) in [6, 6.07) is 3.35. The number of nitrogens with one attached hydrogen (secondary N) is 2. The van der Waals surface area contributed by atoms with Crippen molar-refractivity contribution in [2.45, 2.75) is 19.8 Å². The maximum Gasteiger partial charge on any atom is 0.230 e. The number of anilines is 1. The van der Waals surface area contributed by atoms with Crippen molar-refractivity contribution < 1.29 is 9.59 Å². The van der Waals surface area contributed by atoms with Crippen LogP contribution in [-0.2, 0) is 9.59 Å². The summed E-state index contributed by atoms with van der Waals surface area (Å²) in [6.07, 6.45) is 3.11. The van der Waals surface area contributed by atoms with E-state index in [0.717, 1.165) is 19.4 Å². The number of nitrogens with zero attached hydrogens (tertiary/aromatic N) is 2. The zero-order valence-electron chi connectivity index (χ0n) is 14.3. The summed E-state index contributed by atoms with van der Waals surface area (Å²) in [7, 11) is 1.83. The van der Waals surface area contributed by atoms with Crippen LogP contribution in [0.3, 0.4) is 0 Å². The molecule has 9 heteroatoms. The number of pyridine rings is 1. The van der Waals surface area contributed by atoms with Crippen molar-refractivity contribution in [1.82, 2.24) is 15.2 Å². The molecular formula is C16H25Cl3N4O2. The van der Waals surface area contributed by atoms with Gasteiger partial charge >= 0.3 is 0 Å². The van der Waals surface area contributed by atoms with E-state index >= 15 is 0 Å². The SMILES string of the molecule is CNCC(C)C(=O)N1CCCC(C(=O)Nc2ccc(Cl)cn2)C1.Cl.Cl. The third kappa shape index (κ3) is 6.98. The second-order valence-corrected chi connectivity index (χ2v) is 6.37. The lowest BCUT2D eigenvalue weighted by molar-refractivity contribution is -0.137. The van der Waals surface area contributed by atoms with Crippen LogP contribution in [0.2, 0.25) is 5.02 Å². The second kappa shape index (κ2) is 11.5. The summed E-state index contributed by atoms with van der Waals surface area (Å²) in [6.45, 7) is 3.73. The molecule has 0 radical (unpaired) electrons. The third-order valence-electron chi connectivity index (χ3n) is 4.01. The fourth-order valence-electron chi connectivity index (χ4n) is 2.77. The zero-order valence-corrected chi connectivity index (χ0v) is 16.7. The number of carbonyl (C=O) groups is 2. The predicted molar refractivity (Wildman–Crippen MR) is 105 cm³/mol. The molecule has 2 amide bonds. The van der Waals surface area contributed by atoms with E-state index in [1.807, 2.05) is 14.0 Å². The number of aromatic nitrogens is 1. The lowest BCUT2D eigenvalue weighted by Gasteiger charge is -2.33. The Balaban J connectivity index is 0.00000288. The molecule has 2 unspecified atom stereocenters. The van der Waals surface area contributed by atoms with Gasteiger partial charge < -0.3 is 15.5 Å². The Bertz CT molecular complexity index is 557. The first-order valence-corrected chi connectivity index (χ1v) is 8.25. The molecule has 0 spiro atoms. The monoisotopic (exact) mass is 410 g/mol. The highest BCUT2D eigenvalue weighted by Gasteiger charge is 2.30. The number of piperidine rings is 1. The summed E-state index contributed by atoms with van der Waals surface area (Å²) in [5, 5.41) is 6.33. The van der Waals surface area contributed by atoms with E-state index in [2.05, 4.69) is 15.6 Å². The van der Waals surface area contributed by atoms with E-state index in [9.17, 15) is 9.59 Å². The maximum absolute atomic E-state index is 12.4. The van der Waals surface area contributed by atoms with E-state index in [0.29, 0.717) is 23.9 Å². The smallest absolute Gasteiger partial charge is 0.230 e. The summed E-state index contributed by atoms with van der Waals surface area (Å²) in [4.78, 5) is 30.6. The fraction of sp³-hybridized carbons (Fsp3) is 0.562. The van der Waals surface area contributed by atoms with Crippen molar-refractivity contribution in [3.05, 3.63) is 23.4 Å². The number of rotatable bonds is 5. The molecule has 0 aromatic carbocycles. The van der Waals surface area contributed by atoms with Gasteiger partial charge in [-0.2, -0.15) is 0 Å². The van der Waals surface area contributed by atoms with E-state index in [4.69, 9.17) is 11.6 Å². The molecule has 1 fully saturated rings. The molecule has 1 saturated heterocycles. The molecule has 1 aliphatic heterocycles. The molecule has 142 valence electrons. The lowest BCUT2D eigenvalue weighted by atomic mass is 9.96. The first-order valence-electron chi connectivity index (χ1n) is 7.87. The molecule has 1 aliphatic rings. The average Bonchev–Trinajstić information content (AvgIpc) is 2.56. The highest BCUT2D eigenvalue weighted by Crippen LogP contribution is 2.20. The van der Waals surface area contributed by atoms with Crippen molar-refractivity contribution >= 4 is 54.0 Å². The van der Waals surface area contributed by atoms with Gasteiger partial charge in [0.25, 0.3) is 0 Å². The highest BCUT2D eigenvalue weighted by atomic mass is 35.5. The minimum Gasteiger partial charge on any atom is -0.342 e. The molecule has 0 bridgehead atoms. The van der Waals surface area contributed by atoms with Crippen LogP contribution >= 0.6 is 36.4 Å². The number of hydrogen-bond acceptors (Lipinski definition) is 4. The number of hydrogen-bond donors (Lipinski definition) is 2. The first kappa shape index (κ1) is 23.9. The number of amides is 2. The minimum absolute atomic E-state index is 0. The summed E-state index contributed by atoms with van der Waals surface area (Å²) >= 11 is 5.78. The maximum atomic E-state index is 12.4. The van der Waals surface area contributed by atoms with E-state index in [1.165, 1.54) is 6.20 Å². The Kier molecular flexibility index (Phi) is 11.0. The Morgan fingerprint density at radius 2 is 2.12 bits per heavy atom. The second-order valence-electron chi connectivity index (χ2n) is 5.93. The molecule has 0 saturated carbocycles. The van der Waals surface area contributed by atoms with Gasteiger partial charge in [0.15, 0.2) is 0 Å². The van der Waals surface area contributed by atoms with Crippen LogP contribution in [0.1, 0.15) is 19.8 Å². The predicted octanol–water partition coefficient (Wildman–Crippen LogP) is 2.61. The topological polar surface area (TPSA) is 74.3 Å². The van der Waals surface area contributed by atoms with Crippen LogP contribution in [0.25, 0.3) is 0 Å². The first-order chi connectivity index (χ1) is 11.0. The van der Waals surface area contributed by atoms with Crippen LogP contribution in [0, 0.1) is 11.8 Å². The Morgan fingerprint density at radius 3 is 2.72 bits per heavy atom. The molecule has 0 aliphatic carbocycles. The molecule has 2 atom stereocenters. The van der Waals surface area contributed by atoms with Gasteiger partial charge in [0.1, 0.15) is 5.82 Å². The zero-order chi connectivity index (χ0) is 16.8. The summed E-state index contributed by atoms with van der Waals surface area (Å²) in [5.41, 5.74) is 0. The van der Waals surface area contributed by atoms with Crippen molar-refractivity contribution in [3.63, 3.8) is 0 Å². The largest absolute Gasteiger partial charge is 0.342 e. The quantitative estimate of drug-likeness (QED) is 0.781. The molecule has 2 N–H and O–H groups in total. The molecule has 2 rings (SSSR count).